The summed E-state index contributed by atoms with van der Waals surface area (Å²) in [5, 5.41) is 9.74. The van der Waals surface area contributed by atoms with Gasteiger partial charge in [0.05, 0.1) is 6.61 Å². The predicted octanol–water partition coefficient (Wildman–Crippen LogP) is 5.11. The molecule has 4 heteroatoms. The highest BCUT2D eigenvalue weighted by molar-refractivity contribution is 5.87. The van der Waals surface area contributed by atoms with Gasteiger partial charge in [-0.3, -0.25) is 14.4 Å². The lowest BCUT2D eigenvalue weighted by molar-refractivity contribution is -0.132. The quantitative estimate of drug-likeness (QED) is 0.417. The van der Waals surface area contributed by atoms with Gasteiger partial charge in [-0.15, -0.1) is 0 Å². The Morgan fingerprint density at radius 1 is 0.750 bits per heavy atom. The van der Waals surface area contributed by atoms with E-state index in [4.69, 9.17) is 0 Å². The second-order valence-corrected chi connectivity index (χ2v) is 9.74. The van der Waals surface area contributed by atoms with Crippen LogP contribution in [-0.2, 0) is 14.4 Å². The van der Waals surface area contributed by atoms with Crippen molar-refractivity contribution in [2.45, 2.75) is 87.5 Å². The van der Waals surface area contributed by atoms with Crippen LogP contribution < -0.4 is 0 Å². The highest BCUT2D eigenvalue weighted by Crippen LogP contribution is 2.30. The van der Waals surface area contributed by atoms with E-state index in [1.54, 1.807) is 0 Å². The molecule has 3 unspecified atom stereocenters. The molecular weight excluding hydrogens is 352 g/mol. The van der Waals surface area contributed by atoms with Crippen molar-refractivity contribution in [3.05, 3.63) is 0 Å². The van der Waals surface area contributed by atoms with Gasteiger partial charge < -0.3 is 5.11 Å². The monoisotopic (exact) mass is 396 g/mol. The number of hydrogen-bond acceptors (Lipinski definition) is 4. The summed E-state index contributed by atoms with van der Waals surface area (Å²) in [6, 6.07) is 0. The van der Waals surface area contributed by atoms with Crippen molar-refractivity contribution in [2.75, 3.05) is 6.61 Å². The SMILES string of the molecule is CCC(CC(C[C@H](C)C(=O)CC(C)C)C(=O)C(CO)C(C)C)C(=O)CC(C)C. The van der Waals surface area contributed by atoms with Gasteiger partial charge in [0.25, 0.3) is 0 Å². The molecule has 164 valence electrons. The molecule has 0 saturated heterocycles. The van der Waals surface area contributed by atoms with Crippen molar-refractivity contribution in [2.24, 2.45) is 41.4 Å². The van der Waals surface area contributed by atoms with Crippen molar-refractivity contribution < 1.29 is 19.5 Å². The van der Waals surface area contributed by atoms with Crippen molar-refractivity contribution >= 4 is 17.3 Å². The Kier molecular flexibility index (Phi) is 12.8. The summed E-state index contributed by atoms with van der Waals surface area (Å²) < 4.78 is 0. The average molecular weight is 397 g/mol. The second kappa shape index (κ2) is 13.2. The van der Waals surface area contributed by atoms with Gasteiger partial charge in [0, 0.05) is 36.5 Å². The third-order valence-corrected chi connectivity index (χ3v) is 5.69. The Hall–Kier alpha value is -1.03. The van der Waals surface area contributed by atoms with Crippen LogP contribution in [0.25, 0.3) is 0 Å². The van der Waals surface area contributed by atoms with Crippen LogP contribution in [0.4, 0.5) is 0 Å². The van der Waals surface area contributed by atoms with Gasteiger partial charge in [0.2, 0.25) is 0 Å². The van der Waals surface area contributed by atoms with Gasteiger partial charge in [-0.25, -0.2) is 0 Å². The Morgan fingerprint density at radius 3 is 1.64 bits per heavy atom. The third kappa shape index (κ3) is 9.45. The molecular formula is C24H44O4. The molecule has 0 aromatic carbocycles. The topological polar surface area (TPSA) is 71.4 Å². The van der Waals surface area contributed by atoms with E-state index in [2.05, 4.69) is 0 Å². The van der Waals surface area contributed by atoms with Gasteiger partial charge in [-0.1, -0.05) is 55.4 Å². The fraction of sp³-hybridized carbons (Fsp3) is 0.875. The molecule has 0 aromatic rings. The number of hydrogen-bond donors (Lipinski definition) is 1. The van der Waals surface area contributed by atoms with Crippen molar-refractivity contribution in [1.29, 1.82) is 0 Å². The maximum atomic E-state index is 13.2. The molecule has 0 aliphatic rings. The number of aliphatic hydroxyl groups is 1. The number of Topliss-reactive ketones (excluding diaryl/α,β-unsaturated/α-hetero) is 3. The van der Waals surface area contributed by atoms with Crippen molar-refractivity contribution in [1.82, 2.24) is 0 Å². The molecule has 4 atom stereocenters. The lowest BCUT2D eigenvalue weighted by Gasteiger charge is -2.28. The van der Waals surface area contributed by atoms with Crippen LogP contribution in [0.2, 0.25) is 0 Å². The summed E-state index contributed by atoms with van der Waals surface area (Å²) in [5.41, 5.74) is 0. The minimum Gasteiger partial charge on any atom is -0.396 e. The summed E-state index contributed by atoms with van der Waals surface area (Å²) in [5.74, 6) is -0.131. The van der Waals surface area contributed by atoms with E-state index in [1.807, 2.05) is 55.4 Å². The Balaban J connectivity index is 5.50. The first kappa shape index (κ1) is 27.0. The predicted molar refractivity (Wildman–Crippen MR) is 115 cm³/mol. The molecule has 0 spiro atoms. The Labute approximate surface area is 172 Å². The molecule has 0 aromatic heterocycles. The van der Waals surface area contributed by atoms with E-state index in [0.717, 1.165) is 0 Å². The molecule has 4 nitrogen and oxygen atoms in total. The van der Waals surface area contributed by atoms with E-state index >= 15 is 0 Å². The molecule has 0 saturated carbocycles. The molecule has 1 N–H and O–H groups in total. The van der Waals surface area contributed by atoms with Gasteiger partial charge in [-0.05, 0) is 37.0 Å². The van der Waals surface area contributed by atoms with Crippen molar-refractivity contribution in [3.63, 3.8) is 0 Å². The van der Waals surface area contributed by atoms with Gasteiger partial charge in [-0.2, -0.15) is 0 Å². The van der Waals surface area contributed by atoms with Crippen LogP contribution in [0.5, 0.6) is 0 Å². The molecule has 0 rings (SSSR count). The lowest BCUT2D eigenvalue weighted by Crippen LogP contribution is -2.34. The largest absolute Gasteiger partial charge is 0.396 e. The summed E-state index contributed by atoms with van der Waals surface area (Å²) >= 11 is 0. The van der Waals surface area contributed by atoms with Crippen LogP contribution in [0.15, 0.2) is 0 Å². The zero-order chi connectivity index (χ0) is 22.0. The number of carbonyl (C=O) groups excluding carboxylic acids is 3. The van der Waals surface area contributed by atoms with Crippen LogP contribution in [0, 0.1) is 41.4 Å². The summed E-state index contributed by atoms with van der Waals surface area (Å²) in [7, 11) is 0. The standard InChI is InChI=1S/C24H44O4/c1-9-19(23(27)11-16(4)5)13-20(24(28)21(14-25)17(6)7)12-18(8)22(26)10-15(2)3/h15-21,25H,9-14H2,1-8H3/t18-,19?,20?,21?/m0/s1. The maximum Gasteiger partial charge on any atom is 0.141 e. The molecule has 0 heterocycles. The number of rotatable bonds is 15. The van der Waals surface area contributed by atoms with E-state index < -0.39 is 5.92 Å². The smallest absolute Gasteiger partial charge is 0.141 e. The average Bonchev–Trinajstić information content (AvgIpc) is 2.56. The zero-order valence-electron chi connectivity index (χ0n) is 19.5. The second-order valence-electron chi connectivity index (χ2n) is 9.74. The fourth-order valence-corrected chi connectivity index (χ4v) is 3.86. The normalized spacial score (nSPS) is 16.3. The van der Waals surface area contributed by atoms with Crippen LogP contribution in [-0.4, -0.2) is 29.1 Å². The molecule has 0 bridgehead atoms. The van der Waals surface area contributed by atoms with Gasteiger partial charge >= 0.3 is 0 Å². The van der Waals surface area contributed by atoms with Gasteiger partial charge in [0.1, 0.15) is 17.3 Å². The first-order chi connectivity index (χ1) is 12.9. The Morgan fingerprint density at radius 2 is 1.25 bits per heavy atom. The van der Waals surface area contributed by atoms with Crippen LogP contribution >= 0.6 is 0 Å². The number of ketones is 3. The summed E-state index contributed by atoms with van der Waals surface area (Å²) in [4.78, 5) is 38.4. The Bertz CT molecular complexity index is 493. The van der Waals surface area contributed by atoms with Crippen LogP contribution in [0.1, 0.15) is 87.5 Å². The molecule has 0 amide bonds. The molecule has 0 fully saturated rings. The maximum absolute atomic E-state index is 13.2. The molecule has 28 heavy (non-hydrogen) atoms. The van der Waals surface area contributed by atoms with Crippen LogP contribution in [0.3, 0.4) is 0 Å². The highest BCUT2D eigenvalue weighted by Gasteiger charge is 2.34. The van der Waals surface area contributed by atoms with E-state index in [1.165, 1.54) is 0 Å². The highest BCUT2D eigenvalue weighted by atomic mass is 16.3. The van der Waals surface area contributed by atoms with Gasteiger partial charge in [0.15, 0.2) is 0 Å². The third-order valence-electron chi connectivity index (χ3n) is 5.69. The van der Waals surface area contributed by atoms with E-state index in [-0.39, 0.29) is 47.6 Å². The molecule has 0 radical (unpaired) electrons. The first-order valence-corrected chi connectivity index (χ1v) is 11.1. The summed E-state index contributed by atoms with van der Waals surface area (Å²) in [6.45, 7) is 15.7. The number of aliphatic hydroxyl groups excluding tert-OH is 1. The van der Waals surface area contributed by atoms with E-state index in [0.29, 0.717) is 43.9 Å². The summed E-state index contributed by atoms with van der Waals surface area (Å²) in [6.07, 6.45) is 2.70. The minimum atomic E-state index is -0.435. The fourth-order valence-electron chi connectivity index (χ4n) is 3.86. The first-order valence-electron chi connectivity index (χ1n) is 11.1. The molecule has 0 aliphatic carbocycles. The zero-order valence-corrected chi connectivity index (χ0v) is 19.5. The lowest BCUT2D eigenvalue weighted by atomic mass is 9.75. The number of carbonyl (C=O) groups is 3. The van der Waals surface area contributed by atoms with E-state index in [9.17, 15) is 19.5 Å². The minimum absolute atomic E-state index is 0.0116. The molecule has 0 aliphatic heterocycles. The van der Waals surface area contributed by atoms with Crippen molar-refractivity contribution in [3.8, 4) is 0 Å².